The third-order valence-electron chi connectivity index (χ3n) is 5.88. The number of aryl methyl sites for hydroxylation is 2. The number of methoxy groups -OCH3 is 2. The molecule has 5 nitrogen and oxygen atoms in total. The first kappa shape index (κ1) is 19.6. The van der Waals surface area contributed by atoms with Crippen molar-refractivity contribution in [3.63, 3.8) is 0 Å². The van der Waals surface area contributed by atoms with Crippen LogP contribution in [0.5, 0.6) is 11.5 Å². The fourth-order valence-electron chi connectivity index (χ4n) is 4.18. The monoisotopic (exact) mass is 430 g/mol. The van der Waals surface area contributed by atoms with E-state index in [1.165, 1.54) is 5.56 Å². The molecule has 0 saturated carbocycles. The maximum Gasteiger partial charge on any atom is 0.282 e. The van der Waals surface area contributed by atoms with E-state index in [9.17, 15) is 4.79 Å². The second-order valence-electron chi connectivity index (χ2n) is 7.62. The van der Waals surface area contributed by atoms with Gasteiger partial charge in [0.15, 0.2) is 11.5 Å². The van der Waals surface area contributed by atoms with E-state index in [0.717, 1.165) is 37.4 Å². The summed E-state index contributed by atoms with van der Waals surface area (Å²) < 4.78 is 13.0. The van der Waals surface area contributed by atoms with E-state index in [4.69, 9.17) is 9.47 Å². The zero-order valence-corrected chi connectivity index (χ0v) is 18.7. The predicted molar refractivity (Wildman–Crippen MR) is 125 cm³/mol. The van der Waals surface area contributed by atoms with Gasteiger partial charge in [-0.1, -0.05) is 30.3 Å². The third-order valence-corrected chi connectivity index (χ3v) is 7.11. The van der Waals surface area contributed by atoms with E-state index < -0.39 is 0 Å². The first-order valence-corrected chi connectivity index (χ1v) is 10.9. The van der Waals surface area contributed by atoms with Crippen molar-refractivity contribution in [2.45, 2.75) is 20.4 Å². The number of thiophene rings is 1. The van der Waals surface area contributed by atoms with Crippen molar-refractivity contribution in [2.24, 2.45) is 0 Å². The van der Waals surface area contributed by atoms with Crippen molar-refractivity contribution in [2.75, 3.05) is 14.2 Å². The first-order valence-electron chi connectivity index (χ1n) is 10.0. The Labute approximate surface area is 184 Å². The minimum Gasteiger partial charge on any atom is -0.493 e. The minimum atomic E-state index is -0.166. The third kappa shape index (κ3) is 3.06. The fraction of sp³-hybridized carbons (Fsp3) is 0.200. The van der Waals surface area contributed by atoms with Crippen LogP contribution in [0.4, 0.5) is 0 Å². The summed E-state index contributed by atoms with van der Waals surface area (Å²) in [5.74, 6) is 2.04. The highest BCUT2D eigenvalue weighted by Gasteiger charge is 2.25. The zero-order chi connectivity index (χ0) is 21.7. The summed E-state index contributed by atoms with van der Waals surface area (Å²) in [5, 5.41) is 0.732. The molecule has 2 aromatic carbocycles. The van der Waals surface area contributed by atoms with Crippen LogP contribution in [0.2, 0.25) is 0 Å². The maximum atomic E-state index is 13.0. The highest BCUT2D eigenvalue weighted by Crippen LogP contribution is 2.38. The molecule has 156 valence electrons. The second-order valence-corrected chi connectivity index (χ2v) is 8.82. The van der Waals surface area contributed by atoms with Gasteiger partial charge in [-0.3, -0.25) is 4.79 Å². The molecule has 3 heterocycles. The molecule has 0 saturated heterocycles. The van der Waals surface area contributed by atoms with Crippen molar-refractivity contribution >= 4 is 33.2 Å². The summed E-state index contributed by atoms with van der Waals surface area (Å²) in [5.41, 5.74) is 5.03. The lowest BCUT2D eigenvalue weighted by Crippen LogP contribution is -2.22. The molecule has 4 aromatic rings. The summed E-state index contributed by atoms with van der Waals surface area (Å²) >= 11 is 1.66. The average molecular weight is 431 g/mol. The van der Waals surface area contributed by atoms with Crippen LogP contribution in [-0.2, 0) is 6.54 Å². The Morgan fingerprint density at radius 1 is 1.06 bits per heavy atom. The fourth-order valence-corrected chi connectivity index (χ4v) is 5.32. The van der Waals surface area contributed by atoms with Crippen LogP contribution in [0.25, 0.3) is 21.9 Å². The Bertz CT molecular complexity index is 1430. The van der Waals surface area contributed by atoms with Crippen LogP contribution in [0.3, 0.4) is 0 Å². The number of fused-ring (bicyclic) bond motifs is 4. The van der Waals surface area contributed by atoms with Crippen molar-refractivity contribution in [3.05, 3.63) is 85.8 Å². The van der Waals surface area contributed by atoms with Crippen LogP contribution in [0, 0.1) is 13.8 Å². The molecule has 0 amide bonds. The molecule has 1 aliphatic heterocycles. The normalized spacial score (nSPS) is 13.9. The molecular formula is C25H22N2O3S. The van der Waals surface area contributed by atoms with Crippen LogP contribution >= 0.6 is 11.3 Å². The largest absolute Gasteiger partial charge is 0.493 e. The summed E-state index contributed by atoms with van der Waals surface area (Å²) in [6, 6.07) is 14.1. The predicted octanol–water partition coefficient (Wildman–Crippen LogP) is 5.04. The Kier molecular flexibility index (Phi) is 4.67. The van der Waals surface area contributed by atoms with Crippen molar-refractivity contribution in [1.29, 1.82) is 0 Å². The average Bonchev–Trinajstić information content (AvgIpc) is 3.09. The highest BCUT2D eigenvalue weighted by molar-refractivity contribution is 7.18. The van der Waals surface area contributed by atoms with Crippen LogP contribution in [0.15, 0.2) is 47.3 Å². The zero-order valence-electron chi connectivity index (χ0n) is 17.9. The topological polar surface area (TPSA) is 53.4 Å². The molecule has 2 aromatic heterocycles. The standard InChI is InChI=1S/C25H22N2O3S/c1-14-15(2)31-25-22(14)24(28)26-23-19(18-8-6-5-7-17(18)13-27(23)25)11-16-9-10-20(29-3)21(12-16)30-4/h5-12H,13H2,1-4H3/b19-11+. The number of nitrogens with zero attached hydrogens (tertiary/aromatic N) is 2. The van der Waals surface area contributed by atoms with Crippen LogP contribution in [-0.4, -0.2) is 23.8 Å². The summed E-state index contributed by atoms with van der Waals surface area (Å²) in [6.07, 6.45) is 2.07. The van der Waals surface area contributed by atoms with Gasteiger partial charge in [0.25, 0.3) is 5.56 Å². The Morgan fingerprint density at radius 3 is 2.61 bits per heavy atom. The van der Waals surface area contributed by atoms with Gasteiger partial charge in [0, 0.05) is 10.5 Å². The number of hydrogen-bond donors (Lipinski definition) is 0. The van der Waals surface area contributed by atoms with E-state index in [2.05, 4.69) is 40.7 Å². The Morgan fingerprint density at radius 2 is 1.84 bits per heavy atom. The highest BCUT2D eigenvalue weighted by atomic mass is 32.1. The Balaban J connectivity index is 1.80. The van der Waals surface area contributed by atoms with Crippen molar-refractivity contribution < 1.29 is 9.47 Å². The second kappa shape index (κ2) is 7.39. The molecule has 6 heteroatoms. The van der Waals surface area contributed by atoms with Gasteiger partial charge in [0.2, 0.25) is 0 Å². The first-order chi connectivity index (χ1) is 15.0. The number of ether oxygens (including phenoxy) is 2. The maximum absolute atomic E-state index is 13.0. The SMILES string of the molecule is COc1ccc(/C=C2\c3ccccc3Cn3c2nc(=O)c2c(C)c(C)sc23)cc1OC. The lowest BCUT2D eigenvalue weighted by molar-refractivity contribution is 0.355. The van der Waals surface area contributed by atoms with Gasteiger partial charge in [-0.05, 0) is 54.3 Å². The molecule has 0 spiro atoms. The van der Waals surface area contributed by atoms with Gasteiger partial charge in [0.05, 0.1) is 26.2 Å². The quantitative estimate of drug-likeness (QED) is 0.402. The van der Waals surface area contributed by atoms with Gasteiger partial charge in [-0.2, -0.15) is 4.98 Å². The molecule has 0 unspecified atom stereocenters. The lowest BCUT2D eigenvalue weighted by atomic mass is 9.93. The number of rotatable bonds is 3. The molecule has 0 bridgehead atoms. The number of benzene rings is 2. The molecule has 5 rings (SSSR count). The van der Waals surface area contributed by atoms with Gasteiger partial charge in [-0.25, -0.2) is 0 Å². The minimum absolute atomic E-state index is 0.166. The van der Waals surface area contributed by atoms with E-state index in [1.54, 1.807) is 25.6 Å². The number of hydrogen-bond acceptors (Lipinski definition) is 5. The molecule has 1 aliphatic rings. The molecule has 0 fully saturated rings. The van der Waals surface area contributed by atoms with E-state index in [1.807, 2.05) is 31.2 Å². The molecule has 0 aliphatic carbocycles. The summed E-state index contributed by atoms with van der Waals surface area (Å²) in [4.78, 5) is 19.7. The van der Waals surface area contributed by atoms with Crippen molar-refractivity contribution in [3.8, 4) is 11.5 Å². The van der Waals surface area contributed by atoms with Gasteiger partial charge in [-0.15, -0.1) is 11.3 Å². The van der Waals surface area contributed by atoms with E-state index >= 15 is 0 Å². The smallest absolute Gasteiger partial charge is 0.282 e. The van der Waals surface area contributed by atoms with Crippen molar-refractivity contribution in [1.82, 2.24) is 9.55 Å². The van der Waals surface area contributed by atoms with Gasteiger partial charge < -0.3 is 14.0 Å². The van der Waals surface area contributed by atoms with Gasteiger partial charge >= 0.3 is 0 Å². The lowest BCUT2D eigenvalue weighted by Gasteiger charge is -2.24. The molecule has 0 radical (unpaired) electrons. The van der Waals surface area contributed by atoms with E-state index in [-0.39, 0.29) is 5.56 Å². The summed E-state index contributed by atoms with van der Waals surface area (Å²) in [7, 11) is 3.25. The van der Waals surface area contributed by atoms with Crippen LogP contribution < -0.4 is 15.0 Å². The van der Waals surface area contributed by atoms with Crippen LogP contribution in [0.1, 0.15) is 33.0 Å². The molecule has 31 heavy (non-hydrogen) atoms. The Hall–Kier alpha value is -3.38. The van der Waals surface area contributed by atoms with Gasteiger partial charge in [0.1, 0.15) is 10.7 Å². The molecule has 0 atom stereocenters. The number of aromatic nitrogens is 2. The molecular weight excluding hydrogens is 408 g/mol. The molecule has 0 N–H and O–H groups in total. The van der Waals surface area contributed by atoms with E-state index in [0.29, 0.717) is 23.9 Å². The summed E-state index contributed by atoms with van der Waals surface area (Å²) in [6.45, 7) is 4.75.